The number of para-hydroxylation sites is 1. The monoisotopic (exact) mass is 560 g/mol. The fraction of sp³-hybridized carbons (Fsp3) is 0.381. The Labute approximate surface area is 200 Å². The molecule has 0 saturated carbocycles. The summed E-state index contributed by atoms with van der Waals surface area (Å²) in [7, 11) is -0.345. The van der Waals surface area contributed by atoms with Gasteiger partial charge in [-0.2, -0.15) is 0 Å². The largest absolute Gasteiger partial charge is 0.488 e. The fourth-order valence-corrected chi connectivity index (χ4v) is 4.25. The molecular formula is C21H29IN4O4S. The second kappa shape index (κ2) is 12.2. The fourth-order valence-electron chi connectivity index (χ4n) is 3.17. The first-order valence-electron chi connectivity index (χ1n) is 9.78. The maximum atomic E-state index is 12.4. The second-order valence-electron chi connectivity index (χ2n) is 6.90. The van der Waals surface area contributed by atoms with Crippen molar-refractivity contribution in [3.63, 3.8) is 0 Å². The Morgan fingerprint density at radius 2 is 2.00 bits per heavy atom. The number of aliphatic imine (C=N–C) groups is 1. The molecule has 1 unspecified atom stereocenters. The van der Waals surface area contributed by atoms with Crippen LogP contribution in [0.5, 0.6) is 5.75 Å². The van der Waals surface area contributed by atoms with Crippen LogP contribution >= 0.6 is 24.0 Å². The third-order valence-corrected chi connectivity index (χ3v) is 6.16. The molecule has 0 bridgehead atoms. The highest BCUT2D eigenvalue weighted by Crippen LogP contribution is 2.27. The molecule has 10 heteroatoms. The summed E-state index contributed by atoms with van der Waals surface area (Å²) in [5, 5.41) is 6.47. The molecule has 3 N–H and O–H groups in total. The van der Waals surface area contributed by atoms with Gasteiger partial charge in [0.25, 0.3) is 0 Å². The highest BCUT2D eigenvalue weighted by Gasteiger charge is 2.22. The van der Waals surface area contributed by atoms with E-state index in [1.807, 2.05) is 24.3 Å². The predicted molar refractivity (Wildman–Crippen MR) is 132 cm³/mol. The van der Waals surface area contributed by atoms with Crippen LogP contribution in [0.2, 0.25) is 0 Å². The van der Waals surface area contributed by atoms with Gasteiger partial charge in [-0.15, -0.1) is 24.0 Å². The van der Waals surface area contributed by atoms with E-state index in [2.05, 4.69) is 26.4 Å². The lowest BCUT2D eigenvalue weighted by molar-refractivity contribution is 0.204. The third-order valence-electron chi connectivity index (χ3n) is 4.70. The number of methoxy groups -OCH3 is 1. The molecule has 1 aliphatic heterocycles. The van der Waals surface area contributed by atoms with E-state index < -0.39 is 10.0 Å². The Kier molecular flexibility index (Phi) is 10.0. The summed E-state index contributed by atoms with van der Waals surface area (Å²) < 4.78 is 38.1. The van der Waals surface area contributed by atoms with Gasteiger partial charge in [-0.3, -0.25) is 4.99 Å². The number of benzene rings is 2. The molecule has 1 heterocycles. The van der Waals surface area contributed by atoms with E-state index in [1.165, 1.54) is 12.7 Å². The van der Waals surface area contributed by atoms with Crippen molar-refractivity contribution in [3.05, 3.63) is 59.7 Å². The van der Waals surface area contributed by atoms with Crippen LogP contribution < -0.4 is 20.1 Å². The first-order chi connectivity index (χ1) is 14.5. The minimum Gasteiger partial charge on any atom is -0.488 e. The first-order valence-corrected chi connectivity index (χ1v) is 11.3. The van der Waals surface area contributed by atoms with Gasteiger partial charge in [0.2, 0.25) is 10.0 Å². The van der Waals surface area contributed by atoms with Crippen molar-refractivity contribution in [2.45, 2.75) is 24.0 Å². The molecule has 2 aromatic carbocycles. The van der Waals surface area contributed by atoms with Crippen molar-refractivity contribution in [2.75, 3.05) is 33.9 Å². The summed E-state index contributed by atoms with van der Waals surface area (Å²) in [5.74, 6) is 1.56. The molecule has 0 aromatic heterocycles. The van der Waals surface area contributed by atoms with Crippen LogP contribution in [0.15, 0.2) is 58.4 Å². The number of fused-ring (bicyclic) bond motifs is 1. The van der Waals surface area contributed by atoms with Crippen molar-refractivity contribution in [1.82, 2.24) is 15.4 Å². The summed E-state index contributed by atoms with van der Waals surface area (Å²) in [6, 6.07) is 14.8. The Morgan fingerprint density at radius 1 is 1.19 bits per heavy atom. The predicted octanol–water partition coefficient (Wildman–Crippen LogP) is 1.90. The highest BCUT2D eigenvalue weighted by atomic mass is 127. The number of sulfonamides is 1. The lowest BCUT2D eigenvalue weighted by Crippen LogP contribution is -2.42. The molecular weight excluding hydrogens is 531 g/mol. The normalized spacial score (nSPS) is 15.5. The average Bonchev–Trinajstić information content (AvgIpc) is 3.17. The van der Waals surface area contributed by atoms with E-state index in [0.717, 1.165) is 17.7 Å². The summed E-state index contributed by atoms with van der Waals surface area (Å²) in [6.07, 6.45) is 0.906. The molecule has 1 atom stereocenters. The van der Waals surface area contributed by atoms with Crippen LogP contribution in [0.1, 0.15) is 11.1 Å². The first kappa shape index (κ1) is 25.4. The van der Waals surface area contributed by atoms with E-state index in [4.69, 9.17) is 9.47 Å². The molecule has 0 amide bonds. The van der Waals surface area contributed by atoms with Gasteiger partial charge in [0.15, 0.2) is 5.96 Å². The Morgan fingerprint density at radius 3 is 2.74 bits per heavy atom. The average molecular weight is 560 g/mol. The van der Waals surface area contributed by atoms with Gasteiger partial charge in [0.05, 0.1) is 18.0 Å². The SMILES string of the molecule is CN=C(NCc1cccc(S(=O)(=O)NCCOC)c1)NCC1Cc2ccccc2O1.I. The molecule has 0 saturated heterocycles. The summed E-state index contributed by atoms with van der Waals surface area (Å²) >= 11 is 0. The van der Waals surface area contributed by atoms with Crippen molar-refractivity contribution >= 4 is 40.0 Å². The molecule has 2 aromatic rings. The minimum atomic E-state index is -3.57. The molecule has 170 valence electrons. The molecule has 8 nitrogen and oxygen atoms in total. The van der Waals surface area contributed by atoms with Crippen LogP contribution in [-0.4, -0.2) is 54.3 Å². The molecule has 3 rings (SSSR count). The number of halogens is 1. The summed E-state index contributed by atoms with van der Waals surface area (Å²) in [5.41, 5.74) is 2.04. The van der Waals surface area contributed by atoms with E-state index >= 15 is 0 Å². The maximum Gasteiger partial charge on any atom is 0.240 e. The quantitative estimate of drug-likeness (QED) is 0.188. The zero-order valence-corrected chi connectivity index (χ0v) is 20.8. The van der Waals surface area contributed by atoms with Crippen LogP contribution in [0.3, 0.4) is 0 Å². The van der Waals surface area contributed by atoms with Crippen LogP contribution in [0.4, 0.5) is 0 Å². The lowest BCUT2D eigenvalue weighted by atomic mass is 10.1. The van der Waals surface area contributed by atoms with Crippen LogP contribution in [0.25, 0.3) is 0 Å². The number of hydrogen-bond acceptors (Lipinski definition) is 5. The topological polar surface area (TPSA) is 101 Å². The van der Waals surface area contributed by atoms with Crippen molar-refractivity contribution in [3.8, 4) is 5.75 Å². The third kappa shape index (κ3) is 7.34. The molecule has 0 aliphatic carbocycles. The maximum absolute atomic E-state index is 12.4. The smallest absolute Gasteiger partial charge is 0.240 e. The van der Waals surface area contributed by atoms with Crippen LogP contribution in [0, 0.1) is 0 Å². The molecule has 0 radical (unpaired) electrons. The van der Waals surface area contributed by atoms with E-state index in [1.54, 1.807) is 25.2 Å². The van der Waals surface area contributed by atoms with Gasteiger partial charge in [-0.1, -0.05) is 30.3 Å². The zero-order valence-electron chi connectivity index (χ0n) is 17.6. The molecule has 0 spiro atoms. The molecule has 31 heavy (non-hydrogen) atoms. The van der Waals surface area contributed by atoms with Crippen molar-refractivity contribution in [1.29, 1.82) is 0 Å². The summed E-state index contributed by atoms with van der Waals surface area (Å²) in [6.45, 7) is 1.60. The molecule has 0 fully saturated rings. The van der Waals surface area contributed by atoms with Crippen molar-refractivity contribution in [2.24, 2.45) is 4.99 Å². The molecule has 1 aliphatic rings. The van der Waals surface area contributed by atoms with Gasteiger partial charge >= 0.3 is 0 Å². The van der Waals surface area contributed by atoms with Crippen LogP contribution in [-0.2, 0) is 27.7 Å². The Bertz CT molecular complexity index is 960. The number of nitrogens with one attached hydrogen (secondary N) is 3. The number of rotatable bonds is 9. The zero-order chi connectivity index (χ0) is 21.4. The van der Waals surface area contributed by atoms with Gasteiger partial charge in [0, 0.05) is 33.7 Å². The van der Waals surface area contributed by atoms with Gasteiger partial charge in [-0.05, 0) is 29.3 Å². The van der Waals surface area contributed by atoms with Crippen molar-refractivity contribution < 1.29 is 17.9 Å². The van der Waals surface area contributed by atoms with E-state index in [9.17, 15) is 8.42 Å². The minimum absolute atomic E-state index is 0. The second-order valence-corrected chi connectivity index (χ2v) is 8.66. The van der Waals surface area contributed by atoms with Gasteiger partial charge in [-0.25, -0.2) is 13.1 Å². The van der Waals surface area contributed by atoms with Gasteiger partial charge in [0.1, 0.15) is 11.9 Å². The number of hydrogen-bond donors (Lipinski definition) is 3. The Hall–Kier alpha value is -1.89. The summed E-state index contributed by atoms with van der Waals surface area (Å²) in [4.78, 5) is 4.45. The van der Waals surface area contributed by atoms with E-state index in [-0.39, 0.29) is 41.5 Å². The standard InChI is InChI=1S/C21H28N4O4S.HI/c1-22-21(24-15-18-13-17-7-3-4-9-20(17)29-18)23-14-16-6-5-8-19(12-16)30(26,27)25-10-11-28-2;/h3-9,12,18,25H,10-11,13-15H2,1-2H3,(H2,22,23,24);1H. The number of guanidine groups is 1. The van der Waals surface area contributed by atoms with E-state index in [0.29, 0.717) is 25.7 Å². The number of nitrogens with zero attached hydrogens (tertiary/aromatic N) is 1. The Balaban J connectivity index is 0.00000341. The number of ether oxygens (including phenoxy) is 2. The lowest BCUT2D eigenvalue weighted by Gasteiger charge is -2.16. The highest BCUT2D eigenvalue weighted by molar-refractivity contribution is 14.0. The van der Waals surface area contributed by atoms with Gasteiger partial charge < -0.3 is 20.1 Å².